The van der Waals surface area contributed by atoms with Crippen LogP contribution in [0.3, 0.4) is 0 Å². The van der Waals surface area contributed by atoms with Gasteiger partial charge in [0, 0.05) is 0 Å². The van der Waals surface area contributed by atoms with E-state index in [0.717, 1.165) is 23.4 Å². The highest BCUT2D eigenvalue weighted by Crippen LogP contribution is 2.21. The van der Waals surface area contributed by atoms with Gasteiger partial charge in [0.05, 0.1) is 22.6 Å². The molecule has 0 bridgehead atoms. The van der Waals surface area contributed by atoms with Crippen molar-refractivity contribution in [2.45, 2.75) is 27.7 Å². The Kier molecular flexibility index (Phi) is 2.84. The van der Waals surface area contributed by atoms with E-state index in [1.165, 1.54) is 11.1 Å². The molecule has 0 fully saturated rings. The summed E-state index contributed by atoms with van der Waals surface area (Å²) in [4.78, 5) is 11.0. The van der Waals surface area contributed by atoms with Crippen molar-refractivity contribution in [3.63, 3.8) is 0 Å². The maximum atomic E-state index is 11.0. The second kappa shape index (κ2) is 4.17. The van der Waals surface area contributed by atoms with Crippen LogP contribution in [0, 0.1) is 27.7 Å². The van der Waals surface area contributed by atoms with Crippen LogP contribution in [-0.4, -0.2) is 16.1 Å². The number of aryl methyl sites for hydroxylation is 2. The first-order valence-corrected chi connectivity index (χ1v) is 5.64. The number of aldehydes is 1. The van der Waals surface area contributed by atoms with Crippen molar-refractivity contribution < 1.29 is 4.79 Å². The summed E-state index contributed by atoms with van der Waals surface area (Å²) in [5.74, 6) is 0. The van der Waals surface area contributed by atoms with Gasteiger partial charge in [0.15, 0.2) is 6.29 Å². The Labute approximate surface area is 101 Å². The molecule has 88 valence electrons. The summed E-state index contributed by atoms with van der Waals surface area (Å²) in [5.41, 5.74) is 5.81. The zero-order valence-corrected chi connectivity index (χ0v) is 10.6. The maximum Gasteiger partial charge on any atom is 0.153 e. The van der Waals surface area contributed by atoms with Gasteiger partial charge in [-0.1, -0.05) is 12.1 Å². The Morgan fingerprint density at radius 1 is 1.18 bits per heavy atom. The molecular weight excluding hydrogens is 212 g/mol. The summed E-state index contributed by atoms with van der Waals surface area (Å²) < 4.78 is 1.85. The van der Waals surface area contributed by atoms with Gasteiger partial charge in [0.25, 0.3) is 0 Å². The Morgan fingerprint density at radius 2 is 1.88 bits per heavy atom. The van der Waals surface area contributed by atoms with Crippen LogP contribution in [0.1, 0.15) is 32.9 Å². The largest absolute Gasteiger partial charge is 0.298 e. The molecule has 0 radical (unpaired) electrons. The van der Waals surface area contributed by atoms with E-state index in [9.17, 15) is 4.79 Å². The normalized spacial score (nSPS) is 10.6. The molecular formula is C14H16N2O. The number of nitrogens with zero attached hydrogens (tertiary/aromatic N) is 2. The van der Waals surface area contributed by atoms with E-state index in [2.05, 4.69) is 25.0 Å². The highest BCUT2D eigenvalue weighted by atomic mass is 16.1. The van der Waals surface area contributed by atoms with Gasteiger partial charge >= 0.3 is 0 Å². The molecule has 1 aromatic heterocycles. The van der Waals surface area contributed by atoms with Crippen LogP contribution in [0.25, 0.3) is 5.69 Å². The average Bonchev–Trinajstić information content (AvgIpc) is 2.58. The summed E-state index contributed by atoms with van der Waals surface area (Å²) in [6.07, 6.45) is 0.874. The SMILES string of the molecule is Cc1cccc(-n2nc(C)c(C=O)c2C)c1C. The summed E-state index contributed by atoms with van der Waals surface area (Å²) in [6, 6.07) is 6.11. The second-order valence-electron chi connectivity index (χ2n) is 4.33. The van der Waals surface area contributed by atoms with Crippen LogP contribution in [0.5, 0.6) is 0 Å². The maximum absolute atomic E-state index is 11.0. The van der Waals surface area contributed by atoms with Crippen molar-refractivity contribution in [3.05, 3.63) is 46.3 Å². The van der Waals surface area contributed by atoms with Crippen molar-refractivity contribution in [2.24, 2.45) is 0 Å². The lowest BCUT2D eigenvalue weighted by Gasteiger charge is -2.10. The van der Waals surface area contributed by atoms with Gasteiger partial charge in [-0.2, -0.15) is 5.10 Å². The van der Waals surface area contributed by atoms with E-state index in [0.29, 0.717) is 5.56 Å². The zero-order chi connectivity index (χ0) is 12.6. The van der Waals surface area contributed by atoms with Gasteiger partial charge < -0.3 is 0 Å². The highest BCUT2D eigenvalue weighted by Gasteiger charge is 2.13. The summed E-state index contributed by atoms with van der Waals surface area (Å²) in [5, 5.41) is 4.44. The van der Waals surface area contributed by atoms with E-state index in [-0.39, 0.29) is 0 Å². The molecule has 17 heavy (non-hydrogen) atoms. The number of benzene rings is 1. The van der Waals surface area contributed by atoms with E-state index in [1.54, 1.807) is 0 Å². The van der Waals surface area contributed by atoms with Crippen LogP contribution >= 0.6 is 0 Å². The van der Waals surface area contributed by atoms with E-state index < -0.39 is 0 Å². The first kappa shape index (κ1) is 11.6. The Morgan fingerprint density at radius 3 is 2.47 bits per heavy atom. The quantitative estimate of drug-likeness (QED) is 0.741. The van der Waals surface area contributed by atoms with Crippen LogP contribution in [-0.2, 0) is 0 Å². The fourth-order valence-electron chi connectivity index (χ4n) is 2.02. The lowest BCUT2D eigenvalue weighted by atomic mass is 10.1. The molecule has 0 aliphatic carbocycles. The Hall–Kier alpha value is -1.90. The summed E-state index contributed by atoms with van der Waals surface area (Å²) in [7, 11) is 0. The first-order valence-electron chi connectivity index (χ1n) is 5.64. The fourth-order valence-corrected chi connectivity index (χ4v) is 2.02. The van der Waals surface area contributed by atoms with Crippen LogP contribution in [0.4, 0.5) is 0 Å². The van der Waals surface area contributed by atoms with E-state index >= 15 is 0 Å². The second-order valence-corrected chi connectivity index (χ2v) is 4.33. The molecule has 0 saturated carbocycles. The highest BCUT2D eigenvalue weighted by molar-refractivity contribution is 5.78. The van der Waals surface area contributed by atoms with Gasteiger partial charge in [-0.3, -0.25) is 4.79 Å². The molecule has 0 saturated heterocycles. The molecule has 2 aromatic rings. The van der Waals surface area contributed by atoms with Crippen molar-refractivity contribution in [1.29, 1.82) is 0 Å². The fraction of sp³-hybridized carbons (Fsp3) is 0.286. The molecule has 0 spiro atoms. The predicted octanol–water partition coefficient (Wildman–Crippen LogP) is 2.92. The minimum Gasteiger partial charge on any atom is -0.298 e. The Bertz CT molecular complexity index is 582. The van der Waals surface area contributed by atoms with Gasteiger partial charge in [-0.15, -0.1) is 0 Å². The smallest absolute Gasteiger partial charge is 0.153 e. The van der Waals surface area contributed by atoms with Crippen molar-refractivity contribution >= 4 is 6.29 Å². The molecule has 3 nitrogen and oxygen atoms in total. The van der Waals surface area contributed by atoms with Crippen molar-refractivity contribution in [1.82, 2.24) is 9.78 Å². The third-order valence-electron chi connectivity index (χ3n) is 3.27. The molecule has 2 rings (SSSR count). The molecule has 0 aliphatic heterocycles. The van der Waals surface area contributed by atoms with Gasteiger partial charge in [-0.25, -0.2) is 4.68 Å². The molecule has 0 N–H and O–H groups in total. The number of aromatic nitrogens is 2. The van der Waals surface area contributed by atoms with Crippen molar-refractivity contribution in [3.8, 4) is 5.69 Å². The summed E-state index contributed by atoms with van der Waals surface area (Å²) in [6.45, 7) is 7.93. The molecule has 0 amide bonds. The standard InChI is InChI=1S/C14H16N2O/c1-9-6-5-7-14(10(9)2)16-12(4)13(8-17)11(3)15-16/h5-8H,1-4H3. The summed E-state index contributed by atoms with van der Waals surface area (Å²) >= 11 is 0. The molecule has 1 heterocycles. The molecule has 0 unspecified atom stereocenters. The number of hydrogen-bond donors (Lipinski definition) is 0. The van der Waals surface area contributed by atoms with Crippen LogP contribution in [0.2, 0.25) is 0 Å². The van der Waals surface area contributed by atoms with E-state index in [4.69, 9.17) is 0 Å². The number of carbonyl (C=O) groups excluding carboxylic acids is 1. The predicted molar refractivity (Wildman–Crippen MR) is 67.9 cm³/mol. The monoisotopic (exact) mass is 228 g/mol. The Balaban J connectivity index is 2.69. The average molecular weight is 228 g/mol. The van der Waals surface area contributed by atoms with Gasteiger partial charge in [0.1, 0.15) is 0 Å². The van der Waals surface area contributed by atoms with Gasteiger partial charge in [0.2, 0.25) is 0 Å². The van der Waals surface area contributed by atoms with E-state index in [1.807, 2.05) is 30.7 Å². The minimum atomic E-state index is 0.686. The third-order valence-corrected chi connectivity index (χ3v) is 3.27. The van der Waals surface area contributed by atoms with Crippen LogP contribution < -0.4 is 0 Å². The van der Waals surface area contributed by atoms with Crippen molar-refractivity contribution in [2.75, 3.05) is 0 Å². The minimum absolute atomic E-state index is 0.686. The molecule has 1 aromatic carbocycles. The third kappa shape index (κ3) is 1.78. The van der Waals surface area contributed by atoms with Crippen LogP contribution in [0.15, 0.2) is 18.2 Å². The zero-order valence-electron chi connectivity index (χ0n) is 10.6. The molecule has 0 atom stereocenters. The number of rotatable bonds is 2. The molecule has 3 heteroatoms. The van der Waals surface area contributed by atoms with Gasteiger partial charge in [-0.05, 0) is 44.9 Å². The first-order chi connectivity index (χ1) is 8.06. The lowest BCUT2D eigenvalue weighted by Crippen LogP contribution is -2.02. The molecule has 0 aliphatic rings. The number of carbonyl (C=O) groups is 1. The number of hydrogen-bond acceptors (Lipinski definition) is 2. The topological polar surface area (TPSA) is 34.9 Å². The lowest BCUT2D eigenvalue weighted by molar-refractivity contribution is 0.112.